The molecule has 2 aromatic carbocycles. The number of rotatable bonds is 3. The number of hydrogen-bond donors (Lipinski definition) is 0. The van der Waals surface area contributed by atoms with Gasteiger partial charge >= 0.3 is 0 Å². The van der Waals surface area contributed by atoms with Crippen molar-refractivity contribution in [1.82, 2.24) is 0 Å². The van der Waals surface area contributed by atoms with Crippen molar-refractivity contribution < 1.29 is 9.59 Å². The molecule has 0 saturated carbocycles. The van der Waals surface area contributed by atoms with E-state index in [1.165, 1.54) is 4.90 Å². The van der Waals surface area contributed by atoms with Gasteiger partial charge in [0, 0.05) is 15.9 Å². The number of aryl methyl sites for hydroxylation is 1. The van der Waals surface area contributed by atoms with E-state index < -0.39 is 0 Å². The number of anilines is 1. The molecule has 0 radical (unpaired) electrons. The molecule has 1 saturated heterocycles. The Balaban J connectivity index is 1.83. The van der Waals surface area contributed by atoms with Gasteiger partial charge in [-0.3, -0.25) is 14.5 Å². The van der Waals surface area contributed by atoms with E-state index in [2.05, 4.69) is 15.9 Å². The van der Waals surface area contributed by atoms with Crippen LogP contribution in [-0.4, -0.2) is 11.8 Å². The zero-order chi connectivity index (χ0) is 16.6. The van der Waals surface area contributed by atoms with Gasteiger partial charge in [-0.05, 0) is 54.8 Å². The highest BCUT2D eigenvalue weighted by Gasteiger charge is 2.39. The van der Waals surface area contributed by atoms with Gasteiger partial charge in [0.05, 0.1) is 11.6 Å². The van der Waals surface area contributed by atoms with E-state index >= 15 is 0 Å². The first kappa shape index (κ1) is 16.2. The number of nitrogens with zero attached hydrogens (tertiary/aromatic N) is 1. The van der Waals surface area contributed by atoms with E-state index in [0.29, 0.717) is 17.1 Å². The number of halogens is 2. The normalized spacial score (nSPS) is 17.9. The maximum atomic E-state index is 12.7. The first-order chi connectivity index (χ1) is 11.0. The summed E-state index contributed by atoms with van der Waals surface area (Å²) in [6.45, 7) is 1.85. The van der Waals surface area contributed by atoms with Crippen LogP contribution in [-0.2, 0) is 16.0 Å². The van der Waals surface area contributed by atoms with Crippen LogP contribution in [0.25, 0.3) is 0 Å². The van der Waals surface area contributed by atoms with Crippen molar-refractivity contribution in [3.05, 3.63) is 63.1 Å². The maximum absolute atomic E-state index is 12.7. The molecule has 0 bridgehead atoms. The smallest absolute Gasteiger partial charge is 0.237 e. The lowest BCUT2D eigenvalue weighted by molar-refractivity contribution is -0.122. The molecule has 2 amide bonds. The minimum Gasteiger partial charge on any atom is -0.274 e. The highest BCUT2D eigenvalue weighted by atomic mass is 79.9. The number of imide groups is 1. The largest absolute Gasteiger partial charge is 0.274 e. The number of carbonyl (C=O) groups excluding carboxylic acids is 2. The average Bonchev–Trinajstić information content (AvgIpc) is 2.77. The molecule has 1 heterocycles. The Morgan fingerprint density at radius 1 is 1.17 bits per heavy atom. The Bertz CT molecular complexity index is 773. The molecule has 1 atom stereocenters. The van der Waals surface area contributed by atoms with E-state index in [0.717, 1.165) is 15.6 Å². The van der Waals surface area contributed by atoms with Crippen LogP contribution in [0.5, 0.6) is 0 Å². The molecule has 2 aromatic rings. The van der Waals surface area contributed by atoms with Crippen LogP contribution in [0.1, 0.15) is 17.5 Å². The van der Waals surface area contributed by atoms with Gasteiger partial charge in [0.1, 0.15) is 0 Å². The van der Waals surface area contributed by atoms with Crippen molar-refractivity contribution in [3.63, 3.8) is 0 Å². The van der Waals surface area contributed by atoms with Crippen molar-refractivity contribution in [2.45, 2.75) is 19.8 Å². The molecule has 23 heavy (non-hydrogen) atoms. The van der Waals surface area contributed by atoms with Crippen LogP contribution in [0.15, 0.2) is 46.9 Å². The summed E-state index contributed by atoms with van der Waals surface area (Å²) in [6.07, 6.45) is 0.817. The van der Waals surface area contributed by atoms with Crippen LogP contribution < -0.4 is 4.90 Å². The number of hydrogen-bond acceptors (Lipinski definition) is 2. The Morgan fingerprint density at radius 2 is 1.87 bits per heavy atom. The molecule has 5 heteroatoms. The van der Waals surface area contributed by atoms with Gasteiger partial charge in [-0.2, -0.15) is 0 Å². The van der Waals surface area contributed by atoms with Gasteiger partial charge in [0.25, 0.3) is 0 Å². The maximum Gasteiger partial charge on any atom is 0.237 e. The highest BCUT2D eigenvalue weighted by molar-refractivity contribution is 9.10. The average molecular weight is 393 g/mol. The van der Waals surface area contributed by atoms with Crippen LogP contribution in [0.3, 0.4) is 0 Å². The van der Waals surface area contributed by atoms with Gasteiger partial charge in [-0.15, -0.1) is 0 Å². The molecule has 118 valence electrons. The van der Waals surface area contributed by atoms with E-state index in [9.17, 15) is 9.59 Å². The molecule has 0 aliphatic carbocycles. The fraction of sp³-hybridized carbons (Fsp3) is 0.222. The molecule has 1 fully saturated rings. The fourth-order valence-corrected chi connectivity index (χ4v) is 3.37. The van der Waals surface area contributed by atoms with Gasteiger partial charge in [0.15, 0.2) is 0 Å². The second kappa shape index (κ2) is 6.46. The first-order valence-corrected chi connectivity index (χ1v) is 8.50. The minimum absolute atomic E-state index is 0.136. The van der Waals surface area contributed by atoms with Gasteiger partial charge in [-0.25, -0.2) is 0 Å². The van der Waals surface area contributed by atoms with Gasteiger partial charge in [-0.1, -0.05) is 39.7 Å². The summed E-state index contributed by atoms with van der Waals surface area (Å²) in [5, 5.41) is 0.594. The third-order valence-corrected chi connectivity index (χ3v) is 4.80. The van der Waals surface area contributed by atoms with Crippen molar-refractivity contribution in [2.24, 2.45) is 5.92 Å². The standard InChI is InChI=1S/C18H15BrClNO2/c1-11-8-15(20)6-7-16(11)21-17(22)10-13(18(21)23)9-12-2-4-14(19)5-3-12/h2-8,13H,9-10H2,1H3. The Labute approximate surface area is 148 Å². The molecule has 3 rings (SSSR count). The Morgan fingerprint density at radius 3 is 2.52 bits per heavy atom. The van der Waals surface area contributed by atoms with Crippen molar-refractivity contribution in [1.29, 1.82) is 0 Å². The molecule has 0 N–H and O–H groups in total. The van der Waals surface area contributed by atoms with Crippen LogP contribution >= 0.6 is 27.5 Å². The van der Waals surface area contributed by atoms with Crippen LogP contribution in [0.4, 0.5) is 5.69 Å². The molecule has 0 spiro atoms. The van der Waals surface area contributed by atoms with Crippen molar-refractivity contribution >= 4 is 45.0 Å². The molecule has 0 aromatic heterocycles. The Hall–Kier alpha value is -1.65. The van der Waals surface area contributed by atoms with Gasteiger partial charge < -0.3 is 0 Å². The lowest BCUT2D eigenvalue weighted by atomic mass is 9.98. The Kier molecular flexibility index (Phi) is 4.55. The zero-order valence-electron chi connectivity index (χ0n) is 12.6. The van der Waals surface area contributed by atoms with Crippen LogP contribution in [0.2, 0.25) is 5.02 Å². The molecular weight excluding hydrogens is 378 g/mol. The lowest BCUT2D eigenvalue weighted by Gasteiger charge is -2.17. The van der Waals surface area contributed by atoms with E-state index in [1.807, 2.05) is 31.2 Å². The minimum atomic E-state index is -0.307. The van der Waals surface area contributed by atoms with Gasteiger partial charge in [0.2, 0.25) is 11.8 Å². The first-order valence-electron chi connectivity index (χ1n) is 7.33. The SMILES string of the molecule is Cc1cc(Cl)ccc1N1C(=O)CC(Cc2ccc(Br)cc2)C1=O. The highest BCUT2D eigenvalue weighted by Crippen LogP contribution is 2.32. The third-order valence-electron chi connectivity index (χ3n) is 4.04. The molecule has 1 aliphatic heterocycles. The monoisotopic (exact) mass is 391 g/mol. The predicted molar refractivity (Wildman–Crippen MR) is 94.6 cm³/mol. The fourth-order valence-electron chi connectivity index (χ4n) is 2.88. The third kappa shape index (κ3) is 3.33. The summed E-state index contributed by atoms with van der Waals surface area (Å²) in [6, 6.07) is 13.0. The summed E-state index contributed by atoms with van der Waals surface area (Å²) < 4.78 is 0.994. The summed E-state index contributed by atoms with van der Waals surface area (Å²) in [5.74, 6) is -0.593. The zero-order valence-corrected chi connectivity index (χ0v) is 14.9. The molecular formula is C18H15BrClNO2. The number of benzene rings is 2. The number of amides is 2. The quantitative estimate of drug-likeness (QED) is 0.720. The molecule has 1 unspecified atom stereocenters. The predicted octanol–water partition coefficient (Wildman–Crippen LogP) is 4.53. The topological polar surface area (TPSA) is 37.4 Å². The van der Waals surface area contributed by atoms with Crippen molar-refractivity contribution in [2.75, 3.05) is 4.90 Å². The second-order valence-corrected chi connectivity index (χ2v) is 7.08. The summed E-state index contributed by atoms with van der Waals surface area (Å²) in [5.41, 5.74) is 2.50. The van der Waals surface area contributed by atoms with E-state index in [-0.39, 0.29) is 24.2 Å². The second-order valence-electron chi connectivity index (χ2n) is 5.73. The summed E-state index contributed by atoms with van der Waals surface area (Å²) in [7, 11) is 0. The van der Waals surface area contributed by atoms with Crippen LogP contribution in [0, 0.1) is 12.8 Å². The summed E-state index contributed by atoms with van der Waals surface area (Å²) in [4.78, 5) is 26.3. The molecule has 3 nitrogen and oxygen atoms in total. The lowest BCUT2D eigenvalue weighted by Crippen LogP contribution is -2.31. The van der Waals surface area contributed by atoms with E-state index in [4.69, 9.17) is 11.6 Å². The number of carbonyl (C=O) groups is 2. The van der Waals surface area contributed by atoms with Crippen molar-refractivity contribution in [3.8, 4) is 0 Å². The summed E-state index contributed by atoms with van der Waals surface area (Å²) >= 11 is 9.35. The molecule has 1 aliphatic rings. The van der Waals surface area contributed by atoms with E-state index in [1.54, 1.807) is 18.2 Å².